The predicted octanol–water partition coefficient (Wildman–Crippen LogP) is 3.70. The third kappa shape index (κ3) is 4.66. The van der Waals surface area contributed by atoms with Crippen LogP contribution in [0.3, 0.4) is 0 Å². The topological polar surface area (TPSA) is 55.3 Å². The molecule has 1 aromatic carbocycles. The van der Waals surface area contributed by atoms with Crippen molar-refractivity contribution in [2.24, 2.45) is 0 Å². The van der Waals surface area contributed by atoms with E-state index in [2.05, 4.69) is 9.97 Å². The lowest BCUT2D eigenvalue weighted by atomic mass is 10.0. The molecule has 0 aliphatic heterocycles. The molecule has 0 unspecified atom stereocenters. The first-order valence-electron chi connectivity index (χ1n) is 8.84. The number of hydrogen-bond acceptors (Lipinski definition) is 5. The number of carbonyl (C=O) groups is 1. The Kier molecular flexibility index (Phi) is 5.24. The van der Waals surface area contributed by atoms with Crippen molar-refractivity contribution in [2.45, 2.75) is 44.8 Å². The number of ether oxygens (including phenoxy) is 1. The van der Waals surface area contributed by atoms with E-state index in [1.807, 2.05) is 18.9 Å². The summed E-state index contributed by atoms with van der Waals surface area (Å²) in [5.74, 6) is -2.91. The molecule has 2 aromatic rings. The molecule has 0 radical (unpaired) electrons. The van der Waals surface area contributed by atoms with Crippen LogP contribution in [0.5, 0.6) is 0 Å². The number of nitrogens with zero attached hydrogens (tertiary/aromatic N) is 3. The molecule has 1 aliphatic rings. The molecule has 0 saturated heterocycles. The van der Waals surface area contributed by atoms with Crippen molar-refractivity contribution < 1.29 is 18.3 Å². The lowest BCUT2D eigenvalue weighted by molar-refractivity contribution is -0.136. The predicted molar refractivity (Wildman–Crippen MR) is 97.2 cm³/mol. The van der Waals surface area contributed by atoms with Crippen molar-refractivity contribution in [3.63, 3.8) is 0 Å². The van der Waals surface area contributed by atoms with Gasteiger partial charge in [-0.25, -0.2) is 13.8 Å². The molecule has 0 bridgehead atoms. The van der Waals surface area contributed by atoms with Crippen molar-refractivity contribution >= 4 is 6.47 Å². The molecule has 3 rings (SSSR count). The van der Waals surface area contributed by atoms with Gasteiger partial charge in [-0.05, 0) is 32.9 Å². The third-order valence-corrected chi connectivity index (χ3v) is 4.80. The maximum Gasteiger partial charge on any atom is 0.293 e. The van der Waals surface area contributed by atoms with Gasteiger partial charge in [-0.3, -0.25) is 14.7 Å². The zero-order chi connectivity index (χ0) is 19.7. The fourth-order valence-corrected chi connectivity index (χ4v) is 3.09. The van der Waals surface area contributed by atoms with Crippen LogP contribution in [0, 0.1) is 6.92 Å². The molecular weight excluding hydrogens is 352 g/mol. The Balaban J connectivity index is 1.79. The minimum absolute atomic E-state index is 0.0530. The molecular formula is C20H23F2N3O2. The van der Waals surface area contributed by atoms with Crippen LogP contribution in [0.25, 0.3) is 11.3 Å². The average molecular weight is 375 g/mol. The number of benzene rings is 1. The van der Waals surface area contributed by atoms with Crippen molar-refractivity contribution in [3.05, 3.63) is 47.4 Å². The third-order valence-electron chi connectivity index (χ3n) is 4.80. The van der Waals surface area contributed by atoms with Gasteiger partial charge < -0.3 is 4.74 Å². The highest BCUT2D eigenvalue weighted by Crippen LogP contribution is 2.39. The molecule has 1 aliphatic carbocycles. The Bertz CT molecular complexity index is 832. The van der Waals surface area contributed by atoms with E-state index in [1.54, 1.807) is 18.3 Å². The number of aryl methyl sites for hydroxylation is 1. The van der Waals surface area contributed by atoms with Crippen LogP contribution in [0.15, 0.2) is 30.5 Å². The monoisotopic (exact) mass is 375 g/mol. The summed E-state index contributed by atoms with van der Waals surface area (Å²) in [5.41, 5.74) is 2.28. The zero-order valence-corrected chi connectivity index (χ0v) is 15.7. The molecule has 0 atom stereocenters. The molecule has 0 N–H and O–H groups in total. The van der Waals surface area contributed by atoms with E-state index in [0.29, 0.717) is 30.8 Å². The molecule has 0 amide bonds. The van der Waals surface area contributed by atoms with Gasteiger partial charge in [0, 0.05) is 31.1 Å². The summed E-state index contributed by atoms with van der Waals surface area (Å²) < 4.78 is 32.4. The Morgan fingerprint density at radius 1 is 1.37 bits per heavy atom. The van der Waals surface area contributed by atoms with Crippen LogP contribution in [-0.2, 0) is 22.0 Å². The maximum atomic E-state index is 13.6. The van der Waals surface area contributed by atoms with Gasteiger partial charge in [0.25, 0.3) is 12.4 Å². The van der Waals surface area contributed by atoms with Crippen LogP contribution < -0.4 is 0 Å². The van der Waals surface area contributed by atoms with Crippen LogP contribution >= 0.6 is 0 Å². The highest BCUT2D eigenvalue weighted by atomic mass is 19.3. The number of rotatable bonds is 8. The Morgan fingerprint density at radius 2 is 2.11 bits per heavy atom. The molecule has 5 nitrogen and oxygen atoms in total. The van der Waals surface area contributed by atoms with E-state index >= 15 is 0 Å². The van der Waals surface area contributed by atoms with Crippen molar-refractivity contribution in [1.29, 1.82) is 0 Å². The lowest BCUT2D eigenvalue weighted by Gasteiger charge is -2.22. The van der Waals surface area contributed by atoms with E-state index in [1.165, 1.54) is 12.1 Å². The van der Waals surface area contributed by atoms with Gasteiger partial charge in [0.2, 0.25) is 0 Å². The quantitative estimate of drug-likeness (QED) is 0.659. The molecule has 1 aromatic heterocycles. The molecule has 1 heterocycles. The number of aromatic nitrogens is 2. The van der Waals surface area contributed by atoms with E-state index in [-0.39, 0.29) is 11.2 Å². The Morgan fingerprint density at radius 3 is 2.74 bits per heavy atom. The van der Waals surface area contributed by atoms with Crippen LogP contribution in [0.4, 0.5) is 8.78 Å². The van der Waals surface area contributed by atoms with E-state index in [9.17, 15) is 13.6 Å². The molecule has 27 heavy (non-hydrogen) atoms. The van der Waals surface area contributed by atoms with Gasteiger partial charge in [0.05, 0.1) is 23.3 Å². The van der Waals surface area contributed by atoms with Gasteiger partial charge in [-0.2, -0.15) is 0 Å². The normalized spacial score (nSPS) is 15.6. The number of likely N-dealkylation sites (N-methyl/N-ethyl adjacent to an activating group) is 1. The van der Waals surface area contributed by atoms with Gasteiger partial charge in [-0.1, -0.05) is 18.2 Å². The van der Waals surface area contributed by atoms with Crippen LogP contribution in [0.1, 0.15) is 36.7 Å². The molecule has 144 valence electrons. The fraction of sp³-hybridized carbons (Fsp3) is 0.450. The summed E-state index contributed by atoms with van der Waals surface area (Å²) in [6, 6.07) is 6.20. The second-order valence-corrected chi connectivity index (χ2v) is 7.33. The summed E-state index contributed by atoms with van der Waals surface area (Å²) in [5, 5.41) is 0. The highest BCUT2D eigenvalue weighted by molar-refractivity contribution is 5.59. The largest absolute Gasteiger partial charge is 0.460 e. The Hall–Kier alpha value is -2.41. The molecule has 0 spiro atoms. The first kappa shape index (κ1) is 19.4. The zero-order valence-electron chi connectivity index (χ0n) is 15.7. The molecule has 1 saturated carbocycles. The van der Waals surface area contributed by atoms with Crippen molar-refractivity contribution in [1.82, 2.24) is 14.9 Å². The first-order valence-corrected chi connectivity index (χ1v) is 8.84. The van der Waals surface area contributed by atoms with E-state index in [4.69, 9.17) is 4.74 Å². The average Bonchev–Trinajstić information content (AvgIpc) is 3.35. The van der Waals surface area contributed by atoms with Gasteiger partial charge >= 0.3 is 0 Å². The molecule has 1 fully saturated rings. The highest BCUT2D eigenvalue weighted by Gasteiger charge is 2.46. The number of halogens is 2. The van der Waals surface area contributed by atoms with Crippen LogP contribution in [0.2, 0.25) is 0 Å². The fourth-order valence-electron chi connectivity index (χ4n) is 3.09. The second-order valence-electron chi connectivity index (χ2n) is 7.33. The number of alkyl halides is 2. The van der Waals surface area contributed by atoms with Crippen molar-refractivity contribution in [2.75, 3.05) is 13.6 Å². The van der Waals surface area contributed by atoms with E-state index in [0.717, 1.165) is 31.2 Å². The summed E-state index contributed by atoms with van der Waals surface area (Å²) in [6.45, 7) is 4.39. The maximum absolute atomic E-state index is 13.6. The van der Waals surface area contributed by atoms with Crippen LogP contribution in [-0.4, -0.2) is 40.5 Å². The Labute approximate surface area is 157 Å². The second kappa shape index (κ2) is 7.31. The summed E-state index contributed by atoms with van der Waals surface area (Å²) >= 11 is 0. The minimum Gasteiger partial charge on any atom is -0.460 e. The standard InChI is InChI=1S/C20H23F2N3O2/c1-14-18(11-25(3)12-20(7-8-20)27-13-26)24-17(10-23-14)15-5-4-6-16(9-15)19(2,21)22/h4-6,9-10,13H,7-8,11-12H2,1-3H3. The summed E-state index contributed by atoms with van der Waals surface area (Å²) in [7, 11) is 1.93. The van der Waals surface area contributed by atoms with Crippen molar-refractivity contribution in [3.8, 4) is 11.3 Å². The first-order chi connectivity index (χ1) is 12.7. The smallest absolute Gasteiger partial charge is 0.293 e. The van der Waals surface area contributed by atoms with E-state index < -0.39 is 5.92 Å². The van der Waals surface area contributed by atoms with Gasteiger partial charge in [-0.15, -0.1) is 0 Å². The van der Waals surface area contributed by atoms with Gasteiger partial charge in [0.1, 0.15) is 5.60 Å². The minimum atomic E-state index is -2.91. The molecule has 7 heteroatoms. The van der Waals surface area contributed by atoms with Gasteiger partial charge in [0.15, 0.2) is 0 Å². The number of carbonyl (C=O) groups excluding carboxylic acids is 1. The lowest BCUT2D eigenvalue weighted by Crippen LogP contribution is -2.32. The summed E-state index contributed by atoms with van der Waals surface area (Å²) in [6.07, 6.45) is 3.32. The summed E-state index contributed by atoms with van der Waals surface area (Å²) in [4.78, 5) is 21.7. The SMILES string of the molecule is Cc1ncc(-c2cccc(C(C)(F)F)c2)nc1CN(C)CC1(OC=O)CC1. The number of hydrogen-bond donors (Lipinski definition) is 0.